The maximum absolute atomic E-state index is 11.6. The lowest BCUT2D eigenvalue weighted by molar-refractivity contribution is -0.114. The molecule has 0 unspecified atom stereocenters. The van der Waals surface area contributed by atoms with Crippen LogP contribution in [0, 0.1) is 0 Å². The molecule has 3 N–H and O–H groups in total. The van der Waals surface area contributed by atoms with E-state index in [4.69, 9.17) is 0 Å². The van der Waals surface area contributed by atoms with Crippen LogP contribution in [0.5, 0.6) is 0 Å². The van der Waals surface area contributed by atoms with Gasteiger partial charge in [0, 0.05) is 41.5 Å². The topological polar surface area (TPSA) is 53.2 Å². The zero-order valence-corrected chi connectivity index (χ0v) is 18.8. The second-order valence-electron chi connectivity index (χ2n) is 7.91. The number of anilines is 2. The van der Waals surface area contributed by atoms with Crippen LogP contribution in [0.25, 0.3) is 0 Å². The first kappa shape index (κ1) is 21.7. The summed E-state index contributed by atoms with van der Waals surface area (Å²) in [5.74, 6) is 1.02. The number of carbonyl (C=O) groups excluding carboxylic acids is 1. The highest BCUT2D eigenvalue weighted by Gasteiger charge is 2.35. The Kier molecular flexibility index (Phi) is 7.25. The third kappa shape index (κ3) is 5.14. The van der Waals surface area contributed by atoms with E-state index in [1.807, 2.05) is 30.9 Å². The molecule has 2 atom stereocenters. The molecule has 2 aromatic carbocycles. The molecule has 0 fully saturated rings. The Labute approximate surface area is 179 Å². The molecule has 1 amide bonds. The Morgan fingerprint density at radius 2 is 2.03 bits per heavy atom. The van der Waals surface area contributed by atoms with Crippen LogP contribution in [-0.4, -0.2) is 24.2 Å². The predicted octanol–water partition coefficient (Wildman–Crippen LogP) is 5.81. The van der Waals surface area contributed by atoms with E-state index in [1.165, 1.54) is 35.3 Å². The third-order valence-corrected chi connectivity index (χ3v) is 7.17. The van der Waals surface area contributed by atoms with E-state index < -0.39 is 0 Å². The molecule has 2 aromatic rings. The average molecular weight is 412 g/mol. The Bertz CT molecular complexity index is 854. The highest BCUT2D eigenvalue weighted by Crippen LogP contribution is 2.42. The number of nitrogens with one attached hydrogen (secondary N) is 3. The molecule has 1 aliphatic heterocycles. The number of amides is 1. The summed E-state index contributed by atoms with van der Waals surface area (Å²) in [6.07, 6.45) is 4.68. The lowest BCUT2D eigenvalue weighted by atomic mass is 9.88. The molecule has 0 saturated heterocycles. The molecule has 0 radical (unpaired) electrons. The van der Waals surface area contributed by atoms with Crippen molar-refractivity contribution in [1.29, 1.82) is 0 Å². The van der Waals surface area contributed by atoms with Gasteiger partial charge in [-0.2, -0.15) is 0 Å². The van der Waals surface area contributed by atoms with Crippen molar-refractivity contribution >= 4 is 29.0 Å². The van der Waals surface area contributed by atoms with Gasteiger partial charge in [-0.25, -0.2) is 0 Å². The number of benzene rings is 2. The largest absolute Gasteiger partial charge is 0.388 e. The van der Waals surface area contributed by atoms with Crippen molar-refractivity contribution in [3.8, 4) is 0 Å². The maximum Gasteiger partial charge on any atom is 0.221 e. The van der Waals surface area contributed by atoms with Gasteiger partial charge >= 0.3 is 0 Å². The maximum atomic E-state index is 11.6. The fourth-order valence-corrected chi connectivity index (χ4v) is 5.38. The third-order valence-electron chi connectivity index (χ3n) is 5.79. The Hall–Kier alpha value is -1.98. The summed E-state index contributed by atoms with van der Waals surface area (Å²) in [5, 5.41) is 10.3. The fraction of sp³-hybridized carbons (Fsp3) is 0.458. The van der Waals surface area contributed by atoms with Crippen molar-refractivity contribution < 1.29 is 4.79 Å². The summed E-state index contributed by atoms with van der Waals surface area (Å²) >= 11 is 1.96. The smallest absolute Gasteiger partial charge is 0.221 e. The molecule has 156 valence electrons. The quantitative estimate of drug-likeness (QED) is 0.538. The van der Waals surface area contributed by atoms with Crippen molar-refractivity contribution in [2.24, 2.45) is 0 Å². The van der Waals surface area contributed by atoms with Gasteiger partial charge in [0.1, 0.15) is 0 Å². The SMILES string of the molecule is CCCC[C@]1(CC)CSc2ccc(NC)cc2[C@@H](c2cccc(NC(C)=O)c2)N1. The lowest BCUT2D eigenvalue weighted by Crippen LogP contribution is -2.48. The van der Waals surface area contributed by atoms with Crippen LogP contribution in [0.15, 0.2) is 47.4 Å². The van der Waals surface area contributed by atoms with Crippen LogP contribution >= 0.6 is 11.8 Å². The second kappa shape index (κ2) is 9.68. The van der Waals surface area contributed by atoms with E-state index in [0.29, 0.717) is 0 Å². The molecular formula is C24H33N3OS. The summed E-state index contributed by atoms with van der Waals surface area (Å²) < 4.78 is 0. The predicted molar refractivity (Wildman–Crippen MR) is 125 cm³/mol. The zero-order chi connectivity index (χ0) is 20.9. The number of hydrogen-bond donors (Lipinski definition) is 3. The molecule has 3 rings (SSSR count). The summed E-state index contributed by atoms with van der Waals surface area (Å²) in [6, 6.07) is 15.0. The molecule has 0 aliphatic carbocycles. The molecule has 0 spiro atoms. The molecule has 0 bridgehead atoms. The van der Waals surface area contributed by atoms with Gasteiger partial charge in [0.25, 0.3) is 0 Å². The Morgan fingerprint density at radius 1 is 1.21 bits per heavy atom. The van der Waals surface area contributed by atoms with Crippen LogP contribution in [0.1, 0.15) is 63.6 Å². The first-order chi connectivity index (χ1) is 14.0. The molecule has 1 heterocycles. The van der Waals surface area contributed by atoms with Crippen LogP contribution in [-0.2, 0) is 4.79 Å². The van der Waals surface area contributed by atoms with Gasteiger partial charge in [-0.3, -0.25) is 10.1 Å². The van der Waals surface area contributed by atoms with Gasteiger partial charge in [-0.1, -0.05) is 38.8 Å². The summed E-state index contributed by atoms with van der Waals surface area (Å²) in [4.78, 5) is 12.9. The van der Waals surface area contributed by atoms with Gasteiger partial charge in [0.15, 0.2) is 0 Å². The number of thioether (sulfide) groups is 1. The van der Waals surface area contributed by atoms with E-state index in [1.54, 1.807) is 6.92 Å². The monoisotopic (exact) mass is 411 g/mol. The van der Waals surface area contributed by atoms with Crippen molar-refractivity contribution in [2.75, 3.05) is 23.4 Å². The number of unbranched alkanes of at least 4 members (excludes halogenated alkanes) is 1. The van der Waals surface area contributed by atoms with Crippen LogP contribution in [0.3, 0.4) is 0 Å². The second-order valence-corrected chi connectivity index (χ2v) is 8.93. The minimum absolute atomic E-state index is 0.0461. The molecule has 5 heteroatoms. The van der Waals surface area contributed by atoms with Gasteiger partial charge in [0.05, 0.1) is 6.04 Å². The van der Waals surface area contributed by atoms with Crippen molar-refractivity contribution in [3.63, 3.8) is 0 Å². The molecule has 1 aliphatic rings. The van der Waals surface area contributed by atoms with E-state index in [9.17, 15) is 4.79 Å². The van der Waals surface area contributed by atoms with Crippen LogP contribution in [0.4, 0.5) is 11.4 Å². The van der Waals surface area contributed by atoms with Gasteiger partial charge in [-0.05, 0) is 54.3 Å². The number of rotatable bonds is 7. The molecule has 0 saturated carbocycles. The van der Waals surface area contributed by atoms with Crippen LogP contribution < -0.4 is 16.0 Å². The van der Waals surface area contributed by atoms with E-state index in [-0.39, 0.29) is 17.5 Å². The highest BCUT2D eigenvalue weighted by atomic mass is 32.2. The minimum Gasteiger partial charge on any atom is -0.388 e. The van der Waals surface area contributed by atoms with E-state index >= 15 is 0 Å². The van der Waals surface area contributed by atoms with Crippen LogP contribution in [0.2, 0.25) is 0 Å². The summed E-state index contributed by atoms with van der Waals surface area (Å²) in [7, 11) is 1.96. The van der Waals surface area contributed by atoms with Gasteiger partial charge < -0.3 is 10.6 Å². The normalized spacial score (nSPS) is 21.2. The Balaban J connectivity index is 2.07. The van der Waals surface area contributed by atoms with Gasteiger partial charge in [0.2, 0.25) is 5.91 Å². The average Bonchev–Trinajstić information content (AvgIpc) is 2.89. The number of fused-ring (bicyclic) bond motifs is 1. The van der Waals surface area contributed by atoms with Crippen molar-refractivity contribution in [2.45, 2.75) is 62.9 Å². The van der Waals surface area contributed by atoms with Crippen molar-refractivity contribution in [3.05, 3.63) is 53.6 Å². The molecule has 29 heavy (non-hydrogen) atoms. The molecular weight excluding hydrogens is 378 g/mol. The molecule has 0 aromatic heterocycles. The number of carbonyl (C=O) groups is 1. The first-order valence-corrected chi connectivity index (χ1v) is 11.6. The lowest BCUT2D eigenvalue weighted by Gasteiger charge is -2.36. The summed E-state index contributed by atoms with van der Waals surface area (Å²) in [5.41, 5.74) is 4.53. The van der Waals surface area contributed by atoms with Gasteiger partial charge in [-0.15, -0.1) is 11.8 Å². The number of hydrogen-bond acceptors (Lipinski definition) is 4. The highest BCUT2D eigenvalue weighted by molar-refractivity contribution is 7.99. The summed E-state index contributed by atoms with van der Waals surface area (Å²) in [6.45, 7) is 6.10. The standard InChI is InChI=1S/C24H33N3OS/c1-5-7-13-24(6-2)16-29-22-12-11-19(25-4)15-21(22)23(27-24)18-9-8-10-20(14-18)26-17(3)28/h8-12,14-15,23,25,27H,5-7,13,16H2,1-4H3,(H,26,28)/t23-,24-/m1/s1. The fourth-order valence-electron chi connectivity index (χ4n) is 4.01. The Morgan fingerprint density at radius 3 is 2.72 bits per heavy atom. The molecule has 4 nitrogen and oxygen atoms in total. The van der Waals surface area contributed by atoms with Crippen molar-refractivity contribution in [1.82, 2.24) is 5.32 Å². The zero-order valence-electron chi connectivity index (χ0n) is 18.0. The van der Waals surface area contributed by atoms with E-state index in [0.717, 1.165) is 23.5 Å². The minimum atomic E-state index is -0.0461. The first-order valence-electron chi connectivity index (χ1n) is 10.6. The van der Waals surface area contributed by atoms with E-state index in [2.05, 4.69) is 60.1 Å².